The molecule has 0 bridgehead atoms. The monoisotopic (exact) mass is 506 g/mol. The van der Waals surface area contributed by atoms with Crippen LogP contribution in [0.15, 0.2) is 47.1 Å². The number of benzene rings is 2. The second-order valence-electron chi connectivity index (χ2n) is 5.48. The highest BCUT2D eigenvalue weighted by Crippen LogP contribution is 2.25. The minimum atomic E-state index is -0.495. The van der Waals surface area contributed by atoms with Crippen molar-refractivity contribution in [1.82, 2.24) is 9.78 Å². The van der Waals surface area contributed by atoms with Gasteiger partial charge in [-0.15, -0.1) is 0 Å². The number of aromatic nitrogens is 2. The van der Waals surface area contributed by atoms with Crippen LogP contribution < -0.4 is 10.6 Å². The topological polar surface area (TPSA) is 41.9 Å². The summed E-state index contributed by atoms with van der Waals surface area (Å²) in [5.41, 5.74) is 1.51. The predicted octanol–water partition coefficient (Wildman–Crippen LogP) is 6.60. The Labute approximate surface area is 183 Å². The summed E-state index contributed by atoms with van der Waals surface area (Å²) >= 11 is 26.4. The number of nitrogens with one attached hydrogen (secondary N) is 2. The van der Waals surface area contributed by atoms with Crippen molar-refractivity contribution in [2.45, 2.75) is 6.54 Å². The highest BCUT2D eigenvalue weighted by molar-refractivity contribution is 9.10. The van der Waals surface area contributed by atoms with Gasteiger partial charge in [-0.05, 0) is 64.0 Å². The molecule has 0 amide bonds. The molecule has 0 aliphatic rings. The van der Waals surface area contributed by atoms with Crippen molar-refractivity contribution in [3.05, 3.63) is 73.5 Å². The zero-order valence-corrected chi connectivity index (χ0v) is 18.1. The van der Waals surface area contributed by atoms with Gasteiger partial charge in [0.1, 0.15) is 5.82 Å². The van der Waals surface area contributed by atoms with E-state index in [1.165, 1.54) is 18.2 Å². The molecule has 0 atom stereocenters. The molecule has 0 aliphatic carbocycles. The predicted molar refractivity (Wildman–Crippen MR) is 117 cm³/mol. The third-order valence-electron chi connectivity index (χ3n) is 3.46. The van der Waals surface area contributed by atoms with Gasteiger partial charge in [-0.3, -0.25) is 4.68 Å². The van der Waals surface area contributed by atoms with E-state index in [9.17, 15) is 4.39 Å². The third-order valence-corrected chi connectivity index (χ3v) is 5.27. The normalized spacial score (nSPS) is 10.7. The largest absolute Gasteiger partial charge is 0.332 e. The molecule has 0 unspecified atom stereocenters. The van der Waals surface area contributed by atoms with Crippen molar-refractivity contribution >= 4 is 79.6 Å². The number of thiocarbonyl (C=S) groups is 1. The zero-order chi connectivity index (χ0) is 19.6. The summed E-state index contributed by atoms with van der Waals surface area (Å²) in [4.78, 5) is 0. The van der Waals surface area contributed by atoms with Crippen molar-refractivity contribution in [3.8, 4) is 0 Å². The summed E-state index contributed by atoms with van der Waals surface area (Å²) in [6.07, 6.45) is 1.81. The van der Waals surface area contributed by atoms with Gasteiger partial charge in [0.05, 0.1) is 26.1 Å². The Morgan fingerprint density at radius 3 is 2.56 bits per heavy atom. The van der Waals surface area contributed by atoms with Gasteiger partial charge < -0.3 is 10.6 Å². The maximum absolute atomic E-state index is 13.2. The Kier molecular flexibility index (Phi) is 6.60. The molecule has 0 fully saturated rings. The summed E-state index contributed by atoms with van der Waals surface area (Å²) in [6.45, 7) is 0.505. The van der Waals surface area contributed by atoms with Crippen LogP contribution in [0.1, 0.15) is 5.56 Å². The minimum absolute atomic E-state index is 0.00915. The molecule has 0 radical (unpaired) electrons. The number of halogens is 5. The summed E-state index contributed by atoms with van der Waals surface area (Å²) in [5, 5.41) is 11.6. The van der Waals surface area contributed by atoms with E-state index in [4.69, 9.17) is 47.0 Å². The van der Waals surface area contributed by atoms with Crippen molar-refractivity contribution in [3.63, 3.8) is 0 Å². The van der Waals surface area contributed by atoms with Crippen LogP contribution in [0.3, 0.4) is 0 Å². The average Bonchev–Trinajstić information content (AvgIpc) is 2.93. The molecular formula is C17H11BrCl3FN4S. The number of hydrogen-bond acceptors (Lipinski definition) is 2. The Morgan fingerprint density at radius 2 is 1.85 bits per heavy atom. The first-order chi connectivity index (χ1) is 12.8. The van der Waals surface area contributed by atoms with E-state index >= 15 is 0 Å². The molecule has 1 aromatic heterocycles. The molecule has 2 N–H and O–H groups in total. The smallest absolute Gasteiger partial charge is 0.176 e. The first-order valence-corrected chi connectivity index (χ1v) is 9.85. The fourth-order valence-electron chi connectivity index (χ4n) is 2.23. The third kappa shape index (κ3) is 5.33. The number of rotatable bonds is 4. The second kappa shape index (κ2) is 8.75. The molecule has 0 saturated heterocycles. The molecule has 3 rings (SSSR count). The molecule has 3 aromatic rings. The van der Waals surface area contributed by atoms with E-state index in [-0.39, 0.29) is 10.1 Å². The Hall–Kier alpha value is -1.38. The second-order valence-corrected chi connectivity index (χ2v) is 7.96. The van der Waals surface area contributed by atoms with E-state index < -0.39 is 5.82 Å². The molecule has 0 saturated carbocycles. The zero-order valence-electron chi connectivity index (χ0n) is 13.4. The van der Waals surface area contributed by atoms with Crippen molar-refractivity contribution < 1.29 is 4.39 Å². The van der Waals surface area contributed by atoms with E-state index in [0.717, 1.165) is 10.0 Å². The van der Waals surface area contributed by atoms with Gasteiger partial charge >= 0.3 is 0 Å². The van der Waals surface area contributed by atoms with Gasteiger partial charge in [0.15, 0.2) is 10.9 Å². The highest BCUT2D eigenvalue weighted by atomic mass is 79.9. The van der Waals surface area contributed by atoms with E-state index in [1.807, 2.05) is 12.3 Å². The Morgan fingerprint density at radius 1 is 1.07 bits per heavy atom. The lowest BCUT2D eigenvalue weighted by atomic mass is 10.2. The fourth-order valence-corrected chi connectivity index (χ4v) is 3.36. The van der Waals surface area contributed by atoms with Crippen LogP contribution in [-0.4, -0.2) is 14.9 Å². The number of hydrogen-bond donors (Lipinski definition) is 2. The van der Waals surface area contributed by atoms with E-state index in [1.54, 1.807) is 16.8 Å². The van der Waals surface area contributed by atoms with Crippen molar-refractivity contribution in [2.75, 3.05) is 10.6 Å². The summed E-state index contributed by atoms with van der Waals surface area (Å²) in [7, 11) is 0. The van der Waals surface area contributed by atoms with Gasteiger partial charge in [-0.25, -0.2) is 4.39 Å². The van der Waals surface area contributed by atoms with Crippen LogP contribution >= 0.6 is 63.0 Å². The highest BCUT2D eigenvalue weighted by Gasteiger charge is 2.10. The van der Waals surface area contributed by atoms with E-state index in [0.29, 0.717) is 28.1 Å². The molecule has 140 valence electrons. The first kappa shape index (κ1) is 20.4. The molecule has 10 heteroatoms. The van der Waals surface area contributed by atoms with Crippen LogP contribution in [0.25, 0.3) is 0 Å². The van der Waals surface area contributed by atoms with Crippen LogP contribution in [0.4, 0.5) is 15.9 Å². The SMILES string of the molecule is Fc1ccc(NC(=S)Nc2nn(Cc3ccc(Cl)c(Cl)c3)cc2Br)cc1Cl. The van der Waals surface area contributed by atoms with Gasteiger partial charge in [-0.2, -0.15) is 5.10 Å². The van der Waals surface area contributed by atoms with Crippen molar-refractivity contribution in [2.24, 2.45) is 0 Å². The Bertz CT molecular complexity index is 1010. The maximum atomic E-state index is 13.2. The van der Waals surface area contributed by atoms with Gasteiger partial charge in [0.25, 0.3) is 0 Å². The molecule has 1 heterocycles. The van der Waals surface area contributed by atoms with Crippen LogP contribution in [0.2, 0.25) is 15.1 Å². The summed E-state index contributed by atoms with van der Waals surface area (Å²) < 4.78 is 15.7. The first-order valence-electron chi connectivity index (χ1n) is 7.52. The number of anilines is 2. The van der Waals surface area contributed by atoms with Crippen LogP contribution in [0.5, 0.6) is 0 Å². The molecule has 0 aliphatic heterocycles. The quantitative estimate of drug-likeness (QED) is 0.390. The standard InChI is InChI=1S/C17H11BrCl3FN4S/c18-11-8-26(7-9-1-3-12(19)13(20)5-9)25-16(11)24-17(27)23-10-2-4-15(22)14(21)6-10/h1-6,8H,7H2,(H2,23,24,25,27). The summed E-state index contributed by atoms with van der Waals surface area (Å²) in [5.74, 6) is 0.0330. The minimum Gasteiger partial charge on any atom is -0.332 e. The summed E-state index contributed by atoms with van der Waals surface area (Å²) in [6, 6.07) is 9.65. The molecule has 0 spiro atoms. The van der Waals surface area contributed by atoms with Gasteiger partial charge in [-0.1, -0.05) is 40.9 Å². The lowest BCUT2D eigenvalue weighted by molar-refractivity contribution is 0.628. The number of nitrogens with zero attached hydrogens (tertiary/aromatic N) is 2. The lowest BCUT2D eigenvalue weighted by Gasteiger charge is -2.09. The van der Waals surface area contributed by atoms with Crippen molar-refractivity contribution in [1.29, 1.82) is 0 Å². The Balaban J connectivity index is 1.67. The molecule has 4 nitrogen and oxygen atoms in total. The van der Waals surface area contributed by atoms with E-state index in [2.05, 4.69) is 31.7 Å². The van der Waals surface area contributed by atoms with Crippen LogP contribution in [0, 0.1) is 5.82 Å². The van der Waals surface area contributed by atoms with Crippen LogP contribution in [-0.2, 0) is 6.54 Å². The lowest BCUT2D eigenvalue weighted by Crippen LogP contribution is -2.19. The van der Waals surface area contributed by atoms with Gasteiger partial charge in [0, 0.05) is 11.9 Å². The molecule has 2 aromatic carbocycles. The van der Waals surface area contributed by atoms with Gasteiger partial charge in [0.2, 0.25) is 0 Å². The fraction of sp³-hybridized carbons (Fsp3) is 0.0588. The molecule has 27 heavy (non-hydrogen) atoms. The maximum Gasteiger partial charge on any atom is 0.176 e. The molecular weight excluding hydrogens is 498 g/mol. The average molecular weight is 509 g/mol.